The van der Waals surface area contributed by atoms with E-state index in [1.54, 1.807) is 0 Å². The zero-order valence-corrected chi connectivity index (χ0v) is 31.4. The van der Waals surface area contributed by atoms with Gasteiger partial charge in [0, 0.05) is 49.6 Å². The lowest BCUT2D eigenvalue weighted by Crippen LogP contribution is -1.97. The van der Waals surface area contributed by atoms with E-state index in [1.165, 1.54) is 54.4 Å². The maximum atomic E-state index is 5.23. The highest BCUT2D eigenvalue weighted by molar-refractivity contribution is 6.26. The van der Waals surface area contributed by atoms with Crippen LogP contribution in [0, 0.1) is 0 Å². The molecule has 0 bridgehead atoms. The fraction of sp³-hybridized carbons (Fsp3) is 0. The molecular weight excluding hydrogens is 705 g/mol. The summed E-state index contributed by atoms with van der Waals surface area (Å²) in [6, 6.07) is 73.8. The highest BCUT2D eigenvalue weighted by Gasteiger charge is 2.21. The average molecular weight is 739 g/mol. The summed E-state index contributed by atoms with van der Waals surface area (Å²) in [4.78, 5) is 10.4. The van der Waals surface area contributed by atoms with Crippen LogP contribution in [0.3, 0.4) is 0 Å². The van der Waals surface area contributed by atoms with Gasteiger partial charge in [0.1, 0.15) is 0 Å². The minimum Gasteiger partial charge on any atom is -0.309 e. The molecule has 0 saturated heterocycles. The summed E-state index contributed by atoms with van der Waals surface area (Å²) in [6.45, 7) is 0. The predicted molar refractivity (Wildman–Crippen MR) is 242 cm³/mol. The summed E-state index contributed by atoms with van der Waals surface area (Å²) in [5.41, 5.74) is 11.9. The molecule has 3 aromatic heterocycles. The van der Waals surface area contributed by atoms with Crippen molar-refractivity contribution in [3.63, 3.8) is 0 Å². The molecule has 0 radical (unpaired) electrons. The number of para-hydroxylation sites is 3. The first-order valence-corrected chi connectivity index (χ1v) is 19.7. The lowest BCUT2D eigenvalue weighted by Gasteiger charge is -2.12. The molecule has 0 aliphatic rings. The van der Waals surface area contributed by atoms with Gasteiger partial charge in [0.2, 0.25) is 0 Å². The zero-order chi connectivity index (χ0) is 38.2. The quantitative estimate of drug-likeness (QED) is 0.176. The van der Waals surface area contributed by atoms with Gasteiger partial charge in [0.05, 0.1) is 33.5 Å². The van der Waals surface area contributed by atoms with E-state index in [9.17, 15) is 0 Å². The topological polar surface area (TPSA) is 35.6 Å². The Morgan fingerprint density at radius 1 is 0.310 bits per heavy atom. The van der Waals surface area contributed by atoms with Gasteiger partial charge < -0.3 is 9.13 Å². The summed E-state index contributed by atoms with van der Waals surface area (Å²) >= 11 is 0. The van der Waals surface area contributed by atoms with E-state index >= 15 is 0 Å². The van der Waals surface area contributed by atoms with E-state index in [2.05, 4.69) is 209 Å². The van der Waals surface area contributed by atoms with E-state index in [1.807, 2.05) is 6.07 Å². The standard InChI is InChI=1S/C54H34N4/c1-3-14-37(15-4-1)47-34-48(39-25-23-35-13-7-8-16-38(35)31-39)56-54(55-47)40-26-24-36-27-28-43(33-41(36)32-40)57-50-22-12-10-20-46(50)52-51(57)30-29-45-44-19-9-11-21-49(44)58(53(45)52)42-17-5-2-6-18-42/h1-34H. The fourth-order valence-electron chi connectivity index (χ4n) is 8.97. The van der Waals surface area contributed by atoms with E-state index in [-0.39, 0.29) is 0 Å². The van der Waals surface area contributed by atoms with Crippen molar-refractivity contribution in [2.75, 3.05) is 0 Å². The largest absolute Gasteiger partial charge is 0.309 e. The molecule has 0 aliphatic heterocycles. The molecule has 12 rings (SSSR count). The van der Waals surface area contributed by atoms with E-state index < -0.39 is 0 Å². The molecule has 0 unspecified atom stereocenters. The SMILES string of the molecule is c1ccc(-c2cc(-c3ccc4ccccc4c3)nc(-c3ccc4ccc(-n5c6ccccc6c6c5ccc5c7ccccc7n(-c7ccccc7)c56)cc4c3)n2)cc1. The van der Waals surface area contributed by atoms with Crippen molar-refractivity contribution < 1.29 is 0 Å². The Morgan fingerprint density at radius 2 is 0.914 bits per heavy atom. The minimum atomic E-state index is 0.699. The minimum absolute atomic E-state index is 0.699. The molecule has 12 aromatic rings. The first-order chi connectivity index (χ1) is 28.7. The van der Waals surface area contributed by atoms with Gasteiger partial charge >= 0.3 is 0 Å². The monoisotopic (exact) mass is 738 g/mol. The number of aromatic nitrogens is 4. The Hall–Kier alpha value is -7.82. The summed E-state index contributed by atoms with van der Waals surface area (Å²) in [5.74, 6) is 0.699. The van der Waals surface area contributed by atoms with Crippen LogP contribution in [0.5, 0.6) is 0 Å². The summed E-state index contributed by atoms with van der Waals surface area (Å²) in [7, 11) is 0. The lowest BCUT2D eigenvalue weighted by molar-refractivity contribution is 1.18. The molecule has 0 amide bonds. The molecular formula is C54H34N4. The normalized spacial score (nSPS) is 11.8. The molecule has 3 heterocycles. The van der Waals surface area contributed by atoms with Gasteiger partial charge in [-0.3, -0.25) is 0 Å². The molecule has 0 fully saturated rings. The summed E-state index contributed by atoms with van der Waals surface area (Å²) < 4.78 is 4.86. The van der Waals surface area contributed by atoms with Crippen molar-refractivity contribution in [1.29, 1.82) is 0 Å². The van der Waals surface area contributed by atoms with Crippen LogP contribution in [0.25, 0.3) is 110 Å². The molecule has 0 aliphatic carbocycles. The molecule has 4 heteroatoms. The van der Waals surface area contributed by atoms with Crippen LogP contribution in [0.2, 0.25) is 0 Å². The summed E-state index contributed by atoms with van der Waals surface area (Å²) in [6.07, 6.45) is 0. The van der Waals surface area contributed by atoms with Gasteiger partial charge in [-0.2, -0.15) is 0 Å². The first-order valence-electron chi connectivity index (χ1n) is 19.7. The zero-order valence-electron chi connectivity index (χ0n) is 31.4. The van der Waals surface area contributed by atoms with E-state index in [0.29, 0.717) is 5.82 Å². The molecule has 0 spiro atoms. The second kappa shape index (κ2) is 12.9. The average Bonchev–Trinajstić information content (AvgIpc) is 3.82. The van der Waals surface area contributed by atoms with Gasteiger partial charge in [0.15, 0.2) is 5.82 Å². The molecule has 0 saturated carbocycles. The maximum Gasteiger partial charge on any atom is 0.160 e. The Balaban J connectivity index is 1.06. The van der Waals surface area contributed by atoms with Gasteiger partial charge in [-0.05, 0) is 82.2 Å². The molecule has 270 valence electrons. The number of hydrogen-bond acceptors (Lipinski definition) is 2. The Bertz CT molecular complexity index is 3560. The van der Waals surface area contributed by atoms with Crippen molar-refractivity contribution in [3.05, 3.63) is 206 Å². The molecule has 0 N–H and O–H groups in total. The molecule has 0 atom stereocenters. The van der Waals surface area contributed by atoms with Gasteiger partial charge in [-0.1, -0.05) is 146 Å². The number of fused-ring (bicyclic) bond motifs is 9. The maximum absolute atomic E-state index is 5.23. The second-order valence-electron chi connectivity index (χ2n) is 15.0. The Morgan fingerprint density at radius 3 is 1.72 bits per heavy atom. The van der Waals surface area contributed by atoms with Crippen molar-refractivity contribution in [3.8, 4) is 45.3 Å². The molecule has 4 nitrogen and oxygen atoms in total. The van der Waals surface area contributed by atoms with Crippen LogP contribution in [0.1, 0.15) is 0 Å². The molecule has 9 aromatic carbocycles. The van der Waals surface area contributed by atoms with Gasteiger partial charge in [-0.25, -0.2) is 9.97 Å². The lowest BCUT2D eigenvalue weighted by atomic mass is 10.0. The Labute approximate surface area is 334 Å². The summed E-state index contributed by atoms with van der Waals surface area (Å²) in [5, 5.41) is 9.65. The number of hydrogen-bond donors (Lipinski definition) is 0. The smallest absolute Gasteiger partial charge is 0.160 e. The molecule has 58 heavy (non-hydrogen) atoms. The Kier molecular flexibility index (Phi) is 7.20. The number of benzene rings is 9. The van der Waals surface area contributed by atoms with E-state index in [4.69, 9.17) is 9.97 Å². The van der Waals surface area contributed by atoms with Crippen LogP contribution in [0.15, 0.2) is 206 Å². The third kappa shape index (κ3) is 5.09. The van der Waals surface area contributed by atoms with Gasteiger partial charge in [0.25, 0.3) is 0 Å². The van der Waals surface area contributed by atoms with Crippen molar-refractivity contribution in [1.82, 2.24) is 19.1 Å². The first kappa shape index (κ1) is 32.4. The van der Waals surface area contributed by atoms with Crippen molar-refractivity contribution >= 4 is 65.2 Å². The highest BCUT2D eigenvalue weighted by atomic mass is 15.0. The number of rotatable bonds is 5. The fourth-order valence-corrected chi connectivity index (χ4v) is 8.97. The van der Waals surface area contributed by atoms with Crippen molar-refractivity contribution in [2.24, 2.45) is 0 Å². The van der Waals surface area contributed by atoms with Gasteiger partial charge in [-0.15, -0.1) is 0 Å². The second-order valence-corrected chi connectivity index (χ2v) is 15.0. The predicted octanol–water partition coefficient (Wildman–Crippen LogP) is 14.0. The number of nitrogens with zero attached hydrogens (tertiary/aromatic N) is 4. The van der Waals surface area contributed by atoms with Crippen LogP contribution in [-0.2, 0) is 0 Å². The van der Waals surface area contributed by atoms with Crippen LogP contribution >= 0.6 is 0 Å². The van der Waals surface area contributed by atoms with Crippen LogP contribution in [-0.4, -0.2) is 19.1 Å². The third-order valence-electron chi connectivity index (χ3n) is 11.7. The third-order valence-corrected chi connectivity index (χ3v) is 11.7. The van der Waals surface area contributed by atoms with Crippen LogP contribution < -0.4 is 0 Å². The highest BCUT2D eigenvalue weighted by Crippen LogP contribution is 2.42. The van der Waals surface area contributed by atoms with Crippen LogP contribution in [0.4, 0.5) is 0 Å². The van der Waals surface area contributed by atoms with Crippen molar-refractivity contribution in [2.45, 2.75) is 0 Å². The van der Waals surface area contributed by atoms with E-state index in [0.717, 1.165) is 50.2 Å².